The zero-order valence-corrected chi connectivity index (χ0v) is 20.6. The maximum Gasteiger partial charge on any atom is 0.434 e. The number of carbonyl (C=O) groups is 1. The van der Waals surface area contributed by atoms with Gasteiger partial charge in [0.25, 0.3) is 0 Å². The topological polar surface area (TPSA) is 96.8 Å². The van der Waals surface area contributed by atoms with Crippen LogP contribution in [0.4, 0.5) is 18.9 Å². The van der Waals surface area contributed by atoms with Crippen LogP contribution < -0.4 is 10.7 Å². The van der Waals surface area contributed by atoms with Crippen LogP contribution in [-0.4, -0.2) is 20.5 Å². The van der Waals surface area contributed by atoms with Gasteiger partial charge in [0.1, 0.15) is 17.0 Å². The lowest BCUT2D eigenvalue weighted by Gasteiger charge is -2.20. The molecule has 0 aliphatic heterocycles. The number of aromatic nitrogens is 2. The molecule has 1 unspecified atom stereocenters. The highest BCUT2D eigenvalue weighted by molar-refractivity contribution is 5.94. The smallest absolute Gasteiger partial charge is 0.434 e. The SMILES string of the molecule is Cc1cc(C(C)Nc2ccccc2C(=O)O)c2oc(-c3ccc4nc(C(F)(F)F)cn4c3)c(C)c(=O)c2c1. The number of nitrogens with one attached hydrogen (secondary N) is 1. The first-order valence-electron chi connectivity index (χ1n) is 11.7. The predicted molar refractivity (Wildman–Crippen MR) is 137 cm³/mol. The number of nitrogens with zero attached hydrogens (tertiary/aromatic N) is 2. The van der Waals surface area contributed by atoms with Crippen LogP contribution in [0.25, 0.3) is 27.9 Å². The van der Waals surface area contributed by atoms with Crippen molar-refractivity contribution in [1.82, 2.24) is 9.38 Å². The lowest BCUT2D eigenvalue weighted by molar-refractivity contribution is -0.140. The summed E-state index contributed by atoms with van der Waals surface area (Å²) in [6.45, 7) is 5.27. The van der Waals surface area contributed by atoms with Gasteiger partial charge in [-0.05, 0) is 56.7 Å². The molecule has 3 heterocycles. The van der Waals surface area contributed by atoms with E-state index in [1.807, 2.05) is 19.9 Å². The minimum Gasteiger partial charge on any atom is -0.478 e. The van der Waals surface area contributed by atoms with Crippen LogP contribution in [0.5, 0.6) is 0 Å². The summed E-state index contributed by atoms with van der Waals surface area (Å²) in [6, 6.07) is 12.6. The Balaban J connectivity index is 1.66. The van der Waals surface area contributed by atoms with Crippen molar-refractivity contribution in [2.45, 2.75) is 33.0 Å². The fraction of sp³-hybridized carbons (Fsp3) is 0.179. The first kappa shape index (κ1) is 25.1. The van der Waals surface area contributed by atoms with E-state index in [2.05, 4.69) is 10.3 Å². The van der Waals surface area contributed by atoms with E-state index in [-0.39, 0.29) is 22.4 Å². The Bertz CT molecular complexity index is 1790. The Morgan fingerprint density at radius 2 is 1.84 bits per heavy atom. The number of pyridine rings is 1. The zero-order valence-electron chi connectivity index (χ0n) is 20.6. The molecule has 0 fully saturated rings. The van der Waals surface area contributed by atoms with Gasteiger partial charge in [-0.3, -0.25) is 4.79 Å². The maximum atomic E-state index is 13.4. The lowest BCUT2D eigenvalue weighted by atomic mass is 9.98. The molecule has 0 spiro atoms. The number of halogens is 3. The number of para-hydroxylation sites is 1. The van der Waals surface area contributed by atoms with Crippen molar-refractivity contribution in [1.29, 1.82) is 0 Å². The van der Waals surface area contributed by atoms with Gasteiger partial charge in [-0.2, -0.15) is 13.2 Å². The van der Waals surface area contributed by atoms with Gasteiger partial charge in [-0.1, -0.05) is 18.2 Å². The van der Waals surface area contributed by atoms with Gasteiger partial charge in [0.15, 0.2) is 11.1 Å². The molecule has 3 aromatic heterocycles. The van der Waals surface area contributed by atoms with Crippen LogP contribution in [0.2, 0.25) is 0 Å². The van der Waals surface area contributed by atoms with Gasteiger partial charge in [0.05, 0.1) is 17.0 Å². The number of carboxylic acids is 1. The second kappa shape index (κ2) is 9.05. The van der Waals surface area contributed by atoms with Crippen molar-refractivity contribution in [2.75, 3.05) is 5.32 Å². The largest absolute Gasteiger partial charge is 0.478 e. The van der Waals surface area contributed by atoms with E-state index in [0.717, 1.165) is 11.8 Å². The average Bonchev–Trinajstić information content (AvgIpc) is 3.30. The van der Waals surface area contributed by atoms with E-state index >= 15 is 0 Å². The van der Waals surface area contributed by atoms with Crippen LogP contribution in [0, 0.1) is 13.8 Å². The number of hydrogen-bond acceptors (Lipinski definition) is 5. The van der Waals surface area contributed by atoms with E-state index in [1.54, 1.807) is 37.3 Å². The average molecular weight is 521 g/mol. The summed E-state index contributed by atoms with van der Waals surface area (Å²) in [5, 5.41) is 13.1. The van der Waals surface area contributed by atoms with Gasteiger partial charge in [0, 0.05) is 34.8 Å². The summed E-state index contributed by atoms with van der Waals surface area (Å²) in [4.78, 5) is 28.7. The van der Waals surface area contributed by atoms with Gasteiger partial charge >= 0.3 is 12.1 Å². The monoisotopic (exact) mass is 521 g/mol. The van der Waals surface area contributed by atoms with Crippen LogP contribution >= 0.6 is 0 Å². The third kappa shape index (κ3) is 4.38. The first-order valence-corrected chi connectivity index (χ1v) is 11.7. The molecule has 7 nitrogen and oxygen atoms in total. The van der Waals surface area contributed by atoms with Crippen molar-refractivity contribution < 1.29 is 27.5 Å². The molecule has 0 radical (unpaired) electrons. The van der Waals surface area contributed by atoms with Crippen LogP contribution in [0.1, 0.15) is 45.7 Å². The number of imidazole rings is 1. The number of aromatic carboxylic acids is 1. The minimum absolute atomic E-state index is 0.0983. The summed E-state index contributed by atoms with van der Waals surface area (Å²) in [5.74, 6) is -0.864. The Kier molecular flexibility index (Phi) is 5.97. The molecule has 0 saturated carbocycles. The zero-order chi connectivity index (χ0) is 27.4. The normalized spacial score (nSPS) is 12.7. The highest BCUT2D eigenvalue weighted by atomic mass is 19.4. The summed E-state index contributed by atoms with van der Waals surface area (Å²) in [7, 11) is 0. The molecule has 194 valence electrons. The molecular weight excluding hydrogens is 499 g/mol. The quantitative estimate of drug-likeness (QED) is 0.270. The lowest BCUT2D eigenvalue weighted by Crippen LogP contribution is -2.14. The molecule has 10 heteroatoms. The van der Waals surface area contributed by atoms with Crippen molar-refractivity contribution >= 4 is 28.3 Å². The van der Waals surface area contributed by atoms with Crippen molar-refractivity contribution in [3.63, 3.8) is 0 Å². The highest BCUT2D eigenvalue weighted by Gasteiger charge is 2.34. The second-order valence-electron chi connectivity index (χ2n) is 9.14. The molecule has 0 bridgehead atoms. The molecule has 0 aliphatic rings. The van der Waals surface area contributed by atoms with Crippen molar-refractivity contribution in [3.05, 3.63) is 99.1 Å². The van der Waals surface area contributed by atoms with Crippen LogP contribution in [-0.2, 0) is 6.18 Å². The molecular formula is C28H22F3N3O4. The molecule has 1 atom stereocenters. The molecule has 0 saturated heterocycles. The maximum absolute atomic E-state index is 13.4. The number of hydrogen-bond donors (Lipinski definition) is 2. The molecule has 5 rings (SSSR count). The Labute approximate surface area is 214 Å². The molecule has 0 aliphatic carbocycles. The second-order valence-corrected chi connectivity index (χ2v) is 9.14. The number of alkyl halides is 3. The van der Waals surface area contributed by atoms with E-state index in [1.165, 1.54) is 22.7 Å². The Hall–Kier alpha value is -4.60. The third-order valence-electron chi connectivity index (χ3n) is 6.39. The van der Waals surface area contributed by atoms with Crippen LogP contribution in [0.3, 0.4) is 0 Å². The van der Waals surface area contributed by atoms with E-state index < -0.39 is 23.9 Å². The van der Waals surface area contributed by atoms with Crippen molar-refractivity contribution in [3.8, 4) is 11.3 Å². The Morgan fingerprint density at radius 1 is 1.11 bits per heavy atom. The van der Waals surface area contributed by atoms with E-state index in [9.17, 15) is 27.9 Å². The van der Waals surface area contributed by atoms with Crippen LogP contribution in [0.15, 0.2) is 70.1 Å². The summed E-state index contributed by atoms with van der Waals surface area (Å²) in [6.07, 6.45) is -2.27. The molecule has 2 aromatic carbocycles. The van der Waals surface area contributed by atoms with E-state index in [4.69, 9.17) is 4.42 Å². The number of anilines is 1. The summed E-state index contributed by atoms with van der Waals surface area (Å²) < 4.78 is 47.0. The first-order chi connectivity index (χ1) is 17.9. The molecule has 38 heavy (non-hydrogen) atoms. The fourth-order valence-electron chi connectivity index (χ4n) is 4.53. The number of carboxylic acid groups (broad SMARTS) is 1. The predicted octanol–water partition coefficient (Wildman–Crippen LogP) is 6.61. The van der Waals surface area contributed by atoms with Gasteiger partial charge in [-0.25, -0.2) is 9.78 Å². The van der Waals surface area contributed by atoms with E-state index in [0.29, 0.717) is 33.3 Å². The molecule has 0 amide bonds. The number of benzene rings is 2. The third-order valence-corrected chi connectivity index (χ3v) is 6.39. The van der Waals surface area contributed by atoms with Gasteiger partial charge < -0.3 is 19.2 Å². The number of aryl methyl sites for hydroxylation is 1. The Morgan fingerprint density at radius 3 is 2.55 bits per heavy atom. The van der Waals surface area contributed by atoms with Crippen molar-refractivity contribution in [2.24, 2.45) is 0 Å². The number of rotatable bonds is 5. The number of fused-ring (bicyclic) bond motifs is 2. The van der Waals surface area contributed by atoms with Gasteiger partial charge in [-0.15, -0.1) is 0 Å². The molecule has 2 N–H and O–H groups in total. The molecule has 5 aromatic rings. The highest BCUT2D eigenvalue weighted by Crippen LogP contribution is 2.34. The minimum atomic E-state index is -4.59. The summed E-state index contributed by atoms with van der Waals surface area (Å²) in [5.41, 5.74) is 1.77. The standard InChI is InChI=1S/C28H22F3N3O4/c1-14-10-19(16(3)32-21-7-5-4-6-18(21)27(36)37)26-20(11-14)24(35)15(2)25(38-26)17-8-9-23-33-22(28(29,30)31)13-34(23)12-17/h4-13,16,32H,1-3H3,(H,36,37). The summed E-state index contributed by atoms with van der Waals surface area (Å²) >= 11 is 0. The van der Waals surface area contributed by atoms with Gasteiger partial charge in [0.2, 0.25) is 0 Å². The fourth-order valence-corrected chi connectivity index (χ4v) is 4.53.